The lowest BCUT2D eigenvalue weighted by molar-refractivity contribution is -0.910. The summed E-state index contributed by atoms with van der Waals surface area (Å²) in [5, 5.41) is -0.597. The van der Waals surface area contributed by atoms with Crippen LogP contribution in [-0.4, -0.2) is 30.9 Å². The van der Waals surface area contributed by atoms with Crippen molar-refractivity contribution < 1.29 is 13.9 Å². The highest BCUT2D eigenvalue weighted by atomic mass is 31.1. The maximum Gasteiger partial charge on any atom is 0.376 e. The van der Waals surface area contributed by atoms with Crippen LogP contribution in [0.15, 0.2) is 12.2 Å². The Morgan fingerprint density at radius 3 is 1.29 bits per heavy atom. The van der Waals surface area contributed by atoms with Gasteiger partial charge in [-0.25, -0.2) is 0 Å². The zero-order valence-corrected chi connectivity index (χ0v) is 24.8. The maximum atomic E-state index is 12.0. The van der Waals surface area contributed by atoms with Gasteiger partial charge in [-0.1, -0.05) is 127 Å². The molecule has 0 saturated carbocycles. The van der Waals surface area contributed by atoms with E-state index in [1.807, 2.05) is 28.1 Å². The van der Waals surface area contributed by atoms with Crippen LogP contribution < -0.4 is 4.89 Å². The predicted molar refractivity (Wildman–Crippen MR) is 150 cm³/mol. The van der Waals surface area contributed by atoms with Gasteiger partial charge in [0.05, 0.1) is 21.1 Å². The average Bonchev–Trinajstić information content (AvgIpc) is 2.78. The molecule has 0 aliphatic rings. The van der Waals surface area contributed by atoms with Crippen LogP contribution in [0.4, 0.5) is 0 Å². The van der Waals surface area contributed by atoms with Gasteiger partial charge >= 0.3 is 8.03 Å². The standard InChI is InChI=1S/C30H61NO2P/c1-6-8-9-10-11-12-13-14-15-16-17-18-19-20-21-22-23-24-25-26-27-28-29-30(7-2,34(32)33)31(3,4)5/h12-13H,6-11,14-29H2,1-5H3/q+1/b13-12-. The first kappa shape index (κ1) is 33.8. The third kappa shape index (κ3) is 16.4. The molecule has 0 aromatic carbocycles. The number of nitrogens with zero attached hydrogens (tertiary/aromatic N) is 1. The first-order valence-corrected chi connectivity index (χ1v) is 16.1. The Labute approximate surface area is 215 Å². The summed E-state index contributed by atoms with van der Waals surface area (Å²) in [6.45, 7) is 4.29. The molecule has 0 radical (unpaired) electrons. The Bertz CT molecular complexity index is 501. The molecule has 0 spiro atoms. The SMILES string of the molecule is CCCCCC/C=C\CCCCCCCCCCCCCCCCC(CC)([P+](=O)[O-])[N+](C)(C)C. The lowest BCUT2D eigenvalue weighted by atomic mass is 10.0. The lowest BCUT2D eigenvalue weighted by Gasteiger charge is -2.39. The molecule has 2 atom stereocenters. The molecule has 0 bridgehead atoms. The van der Waals surface area contributed by atoms with Crippen LogP contribution in [0, 0.1) is 0 Å². The van der Waals surface area contributed by atoms with E-state index in [1.165, 1.54) is 122 Å². The van der Waals surface area contributed by atoms with Crippen LogP contribution in [-0.2, 0) is 4.57 Å². The second kappa shape index (κ2) is 22.0. The Kier molecular flexibility index (Phi) is 21.8. The highest BCUT2D eigenvalue weighted by Gasteiger charge is 2.52. The number of quaternary nitrogens is 1. The Morgan fingerprint density at radius 2 is 0.971 bits per heavy atom. The van der Waals surface area contributed by atoms with Crippen molar-refractivity contribution in [1.82, 2.24) is 0 Å². The van der Waals surface area contributed by atoms with Gasteiger partial charge in [-0.15, -0.1) is 0 Å². The van der Waals surface area contributed by atoms with E-state index < -0.39 is 13.3 Å². The van der Waals surface area contributed by atoms with Crippen molar-refractivity contribution in [1.29, 1.82) is 0 Å². The number of hydrogen-bond donors (Lipinski definition) is 0. The first-order chi connectivity index (χ1) is 16.3. The summed E-state index contributed by atoms with van der Waals surface area (Å²) in [4.78, 5) is 12.0. The molecule has 0 rings (SSSR count). The summed E-state index contributed by atoms with van der Waals surface area (Å²) in [5.74, 6) is 0. The number of hydrogen-bond acceptors (Lipinski definition) is 2. The van der Waals surface area contributed by atoms with Crippen molar-refractivity contribution in [3.05, 3.63) is 12.2 Å². The van der Waals surface area contributed by atoms with Gasteiger partial charge in [0.15, 0.2) is 0 Å². The number of unbranched alkanes of at least 4 members (excludes halogenated alkanes) is 18. The molecule has 0 aromatic heterocycles. The van der Waals surface area contributed by atoms with Gasteiger partial charge < -0.3 is 4.89 Å². The number of allylic oxidation sites excluding steroid dienone is 2. The van der Waals surface area contributed by atoms with E-state index in [-0.39, 0.29) is 0 Å². The minimum Gasteiger partial charge on any atom is -0.590 e. The van der Waals surface area contributed by atoms with Gasteiger partial charge in [0.25, 0.3) is 5.28 Å². The van der Waals surface area contributed by atoms with Crippen molar-refractivity contribution >= 4 is 8.03 Å². The van der Waals surface area contributed by atoms with Gasteiger partial charge in [0.2, 0.25) is 0 Å². The van der Waals surface area contributed by atoms with Crippen molar-refractivity contribution in [2.45, 2.75) is 160 Å². The van der Waals surface area contributed by atoms with Crippen molar-refractivity contribution in [3.63, 3.8) is 0 Å². The Hall–Kier alpha value is -0.240. The molecule has 34 heavy (non-hydrogen) atoms. The van der Waals surface area contributed by atoms with Gasteiger partial charge in [-0.05, 0) is 32.1 Å². The van der Waals surface area contributed by atoms with Crippen molar-refractivity contribution in [2.75, 3.05) is 21.1 Å². The summed E-state index contributed by atoms with van der Waals surface area (Å²) in [5.41, 5.74) is 0. The van der Waals surface area contributed by atoms with Crippen LogP contribution in [0.3, 0.4) is 0 Å². The molecule has 0 saturated heterocycles. The van der Waals surface area contributed by atoms with Crippen LogP contribution in [0.2, 0.25) is 0 Å². The summed E-state index contributed by atoms with van der Waals surface area (Å²) < 4.78 is 12.5. The fourth-order valence-electron chi connectivity index (χ4n) is 5.17. The van der Waals surface area contributed by atoms with Crippen LogP contribution in [0.25, 0.3) is 0 Å². The maximum absolute atomic E-state index is 12.0. The quantitative estimate of drug-likeness (QED) is 0.0544. The van der Waals surface area contributed by atoms with Crippen LogP contribution >= 0.6 is 8.03 Å². The molecular weight excluding hydrogens is 437 g/mol. The molecule has 0 aromatic rings. The third-order valence-corrected chi connectivity index (χ3v) is 9.56. The molecule has 0 aliphatic heterocycles. The van der Waals surface area contributed by atoms with E-state index in [0.717, 1.165) is 12.8 Å². The molecule has 0 aliphatic carbocycles. The minimum atomic E-state index is -2.41. The molecule has 0 N–H and O–H groups in total. The summed E-state index contributed by atoms with van der Waals surface area (Å²) >= 11 is 0. The first-order valence-electron chi connectivity index (χ1n) is 14.9. The summed E-state index contributed by atoms with van der Waals surface area (Å²) in [6, 6.07) is 0. The summed E-state index contributed by atoms with van der Waals surface area (Å²) in [6.07, 6.45) is 33.0. The topological polar surface area (TPSA) is 40.1 Å². The minimum absolute atomic E-state index is 0.513. The molecule has 3 nitrogen and oxygen atoms in total. The average molecular weight is 499 g/mol. The van der Waals surface area contributed by atoms with E-state index in [9.17, 15) is 9.46 Å². The van der Waals surface area contributed by atoms with Crippen molar-refractivity contribution in [3.8, 4) is 0 Å². The fraction of sp³-hybridized carbons (Fsp3) is 0.933. The Morgan fingerprint density at radius 1 is 0.618 bits per heavy atom. The van der Waals surface area contributed by atoms with Crippen molar-refractivity contribution in [2.24, 2.45) is 0 Å². The molecular formula is C30H61NO2P+. The predicted octanol–water partition coefficient (Wildman–Crippen LogP) is 9.67. The molecule has 202 valence electrons. The van der Waals surface area contributed by atoms with E-state index in [2.05, 4.69) is 19.1 Å². The lowest BCUT2D eigenvalue weighted by Crippen LogP contribution is -2.55. The van der Waals surface area contributed by atoms with Gasteiger partial charge in [0, 0.05) is 12.8 Å². The molecule has 2 unspecified atom stereocenters. The monoisotopic (exact) mass is 498 g/mol. The zero-order chi connectivity index (χ0) is 25.5. The van der Waals surface area contributed by atoms with Crippen LogP contribution in [0.1, 0.15) is 155 Å². The van der Waals surface area contributed by atoms with Crippen LogP contribution in [0.5, 0.6) is 0 Å². The largest absolute Gasteiger partial charge is 0.590 e. The zero-order valence-electron chi connectivity index (χ0n) is 23.9. The van der Waals surface area contributed by atoms with Gasteiger partial charge in [0.1, 0.15) is 0 Å². The molecule has 0 heterocycles. The fourth-order valence-corrected chi connectivity index (χ4v) is 6.26. The normalized spacial score (nSPS) is 14.6. The second-order valence-electron chi connectivity index (χ2n) is 11.4. The Balaban J connectivity index is 3.44. The molecule has 0 amide bonds. The molecule has 4 heteroatoms. The third-order valence-electron chi connectivity index (χ3n) is 7.74. The van der Waals surface area contributed by atoms with E-state index in [0.29, 0.717) is 10.9 Å². The summed E-state index contributed by atoms with van der Waals surface area (Å²) in [7, 11) is 3.64. The van der Waals surface area contributed by atoms with Gasteiger partial charge in [-0.2, -0.15) is 0 Å². The van der Waals surface area contributed by atoms with E-state index >= 15 is 0 Å². The highest BCUT2D eigenvalue weighted by Crippen LogP contribution is 2.44. The molecule has 0 fully saturated rings. The smallest absolute Gasteiger partial charge is 0.376 e. The van der Waals surface area contributed by atoms with E-state index in [1.54, 1.807) is 0 Å². The van der Waals surface area contributed by atoms with E-state index in [4.69, 9.17) is 0 Å². The van der Waals surface area contributed by atoms with Gasteiger partial charge in [-0.3, -0.25) is 4.48 Å². The number of rotatable bonds is 25. The highest BCUT2D eigenvalue weighted by molar-refractivity contribution is 7.38. The second-order valence-corrected chi connectivity index (χ2v) is 12.8.